The van der Waals surface area contributed by atoms with Gasteiger partial charge in [-0.05, 0) is 67.6 Å². The van der Waals surface area contributed by atoms with Gasteiger partial charge in [-0.15, -0.1) is 0 Å². The number of likely N-dealkylation sites (N-methyl/N-ethyl adjacent to an activating group) is 1. The Hall–Kier alpha value is -2.40. The molecule has 0 spiro atoms. The molecule has 1 atom stereocenters. The number of hydrogen-bond acceptors (Lipinski definition) is 3. The summed E-state index contributed by atoms with van der Waals surface area (Å²) >= 11 is 0. The summed E-state index contributed by atoms with van der Waals surface area (Å²) in [6.07, 6.45) is 5.92. The first-order valence-corrected chi connectivity index (χ1v) is 9.05. The number of aromatic nitrogens is 2. The SMILES string of the molecule is CNC1CCc2c(c3cc(Cc4ccc(F)c(OC)c4)cnc3n2C)C1. The van der Waals surface area contributed by atoms with E-state index >= 15 is 0 Å². The maximum atomic E-state index is 13.6. The Bertz CT molecular complexity index is 964. The number of nitrogens with one attached hydrogen (secondary N) is 1. The number of aryl methyl sites for hydroxylation is 1. The fourth-order valence-electron chi connectivity index (χ4n) is 4.07. The lowest BCUT2D eigenvalue weighted by atomic mass is 9.91. The number of nitrogens with zero attached hydrogens (tertiary/aromatic N) is 2. The second-order valence-corrected chi connectivity index (χ2v) is 7.07. The van der Waals surface area contributed by atoms with Gasteiger partial charge < -0.3 is 14.6 Å². The number of ether oxygens (including phenoxy) is 1. The van der Waals surface area contributed by atoms with Crippen LogP contribution in [-0.2, 0) is 26.3 Å². The molecule has 3 aromatic rings. The molecule has 5 heteroatoms. The van der Waals surface area contributed by atoms with Crippen molar-refractivity contribution < 1.29 is 9.13 Å². The zero-order valence-corrected chi connectivity index (χ0v) is 15.5. The normalized spacial score (nSPS) is 16.7. The lowest BCUT2D eigenvalue weighted by molar-refractivity contribution is 0.386. The molecule has 0 fully saturated rings. The van der Waals surface area contributed by atoms with Gasteiger partial charge in [0.05, 0.1) is 7.11 Å². The highest BCUT2D eigenvalue weighted by Crippen LogP contribution is 2.31. The van der Waals surface area contributed by atoms with Gasteiger partial charge in [-0.25, -0.2) is 9.37 Å². The predicted octanol–water partition coefficient (Wildman–Crippen LogP) is 3.39. The molecule has 1 unspecified atom stereocenters. The highest BCUT2D eigenvalue weighted by atomic mass is 19.1. The number of halogens is 1. The predicted molar refractivity (Wildman–Crippen MR) is 101 cm³/mol. The number of rotatable bonds is 4. The van der Waals surface area contributed by atoms with Crippen molar-refractivity contribution in [3.8, 4) is 5.75 Å². The molecule has 0 amide bonds. The molecular formula is C21H24FN3O. The van der Waals surface area contributed by atoms with E-state index in [1.165, 1.54) is 29.8 Å². The lowest BCUT2D eigenvalue weighted by Crippen LogP contribution is -2.31. The van der Waals surface area contributed by atoms with Gasteiger partial charge in [0.1, 0.15) is 5.65 Å². The Kier molecular flexibility index (Phi) is 4.41. The largest absolute Gasteiger partial charge is 0.494 e. The van der Waals surface area contributed by atoms with E-state index < -0.39 is 0 Å². The van der Waals surface area contributed by atoms with Crippen molar-refractivity contribution in [3.05, 3.63) is 58.7 Å². The van der Waals surface area contributed by atoms with Crippen LogP contribution in [0.1, 0.15) is 28.8 Å². The summed E-state index contributed by atoms with van der Waals surface area (Å²) in [5.41, 5.74) is 6.01. The van der Waals surface area contributed by atoms with Gasteiger partial charge >= 0.3 is 0 Å². The number of fused-ring (bicyclic) bond motifs is 3. The van der Waals surface area contributed by atoms with Crippen molar-refractivity contribution in [1.82, 2.24) is 14.9 Å². The third kappa shape index (κ3) is 2.86. The van der Waals surface area contributed by atoms with Crippen molar-refractivity contribution >= 4 is 11.0 Å². The minimum absolute atomic E-state index is 0.283. The Labute approximate surface area is 153 Å². The van der Waals surface area contributed by atoms with Crippen molar-refractivity contribution in [2.75, 3.05) is 14.2 Å². The minimum atomic E-state index is -0.333. The van der Waals surface area contributed by atoms with Crippen molar-refractivity contribution in [1.29, 1.82) is 0 Å². The van der Waals surface area contributed by atoms with Crippen LogP contribution in [0.15, 0.2) is 30.5 Å². The molecule has 2 heterocycles. The van der Waals surface area contributed by atoms with E-state index in [1.807, 2.05) is 13.2 Å². The fraction of sp³-hybridized carbons (Fsp3) is 0.381. The number of methoxy groups -OCH3 is 1. The molecule has 0 saturated carbocycles. The van der Waals surface area contributed by atoms with Crippen LogP contribution >= 0.6 is 0 Å². The summed E-state index contributed by atoms with van der Waals surface area (Å²) in [6, 6.07) is 7.80. The Morgan fingerprint density at radius 1 is 1.31 bits per heavy atom. The van der Waals surface area contributed by atoms with Crippen LogP contribution in [0.5, 0.6) is 5.75 Å². The highest BCUT2D eigenvalue weighted by molar-refractivity contribution is 5.83. The van der Waals surface area contributed by atoms with Crippen molar-refractivity contribution in [2.24, 2.45) is 7.05 Å². The van der Waals surface area contributed by atoms with E-state index in [0.29, 0.717) is 12.5 Å². The van der Waals surface area contributed by atoms with E-state index in [9.17, 15) is 4.39 Å². The summed E-state index contributed by atoms with van der Waals surface area (Å²) in [4.78, 5) is 4.73. The molecular weight excluding hydrogens is 329 g/mol. The fourth-order valence-corrected chi connectivity index (χ4v) is 4.07. The summed E-state index contributed by atoms with van der Waals surface area (Å²) < 4.78 is 21.0. The van der Waals surface area contributed by atoms with Crippen LogP contribution in [0.25, 0.3) is 11.0 Å². The van der Waals surface area contributed by atoms with Crippen LogP contribution in [0.4, 0.5) is 4.39 Å². The maximum absolute atomic E-state index is 13.6. The molecule has 4 rings (SSSR count). The third-order valence-electron chi connectivity index (χ3n) is 5.53. The first kappa shape index (κ1) is 17.0. The van der Waals surface area contributed by atoms with Gasteiger partial charge in [0, 0.05) is 30.4 Å². The molecule has 0 saturated heterocycles. The maximum Gasteiger partial charge on any atom is 0.165 e. The smallest absolute Gasteiger partial charge is 0.165 e. The summed E-state index contributed by atoms with van der Waals surface area (Å²) in [5.74, 6) is -0.0504. The van der Waals surface area contributed by atoms with E-state index in [0.717, 1.165) is 36.0 Å². The molecule has 1 aliphatic carbocycles. The quantitative estimate of drug-likeness (QED) is 0.781. The van der Waals surface area contributed by atoms with Crippen molar-refractivity contribution in [3.63, 3.8) is 0 Å². The van der Waals surface area contributed by atoms with Gasteiger partial charge in [0.2, 0.25) is 0 Å². The monoisotopic (exact) mass is 353 g/mol. The second-order valence-electron chi connectivity index (χ2n) is 7.07. The number of benzene rings is 1. The molecule has 1 N–H and O–H groups in total. The lowest BCUT2D eigenvalue weighted by Gasteiger charge is -2.22. The molecule has 4 nitrogen and oxygen atoms in total. The molecule has 1 aromatic carbocycles. The van der Waals surface area contributed by atoms with E-state index in [4.69, 9.17) is 9.72 Å². The van der Waals surface area contributed by atoms with Gasteiger partial charge in [-0.2, -0.15) is 0 Å². The molecule has 0 radical (unpaired) electrons. The molecule has 1 aliphatic rings. The van der Waals surface area contributed by atoms with Gasteiger partial charge in [-0.1, -0.05) is 6.07 Å². The average Bonchev–Trinajstić information content (AvgIpc) is 2.94. The zero-order chi connectivity index (χ0) is 18.3. The Morgan fingerprint density at radius 3 is 2.92 bits per heavy atom. The molecule has 0 bridgehead atoms. The topological polar surface area (TPSA) is 39.1 Å². The number of hydrogen-bond donors (Lipinski definition) is 1. The van der Waals surface area contributed by atoms with Crippen LogP contribution < -0.4 is 10.1 Å². The van der Waals surface area contributed by atoms with Crippen LogP contribution in [0.2, 0.25) is 0 Å². The average molecular weight is 353 g/mol. The van der Waals surface area contributed by atoms with E-state index in [1.54, 1.807) is 12.1 Å². The first-order valence-electron chi connectivity index (χ1n) is 9.05. The van der Waals surface area contributed by atoms with E-state index in [-0.39, 0.29) is 11.6 Å². The highest BCUT2D eigenvalue weighted by Gasteiger charge is 2.24. The second kappa shape index (κ2) is 6.72. The molecule has 26 heavy (non-hydrogen) atoms. The molecule has 0 aliphatic heterocycles. The number of pyridine rings is 1. The van der Waals surface area contributed by atoms with Gasteiger partial charge in [-0.3, -0.25) is 0 Å². The Balaban J connectivity index is 1.71. The summed E-state index contributed by atoms with van der Waals surface area (Å²) in [7, 11) is 5.63. The van der Waals surface area contributed by atoms with Crippen LogP contribution in [-0.4, -0.2) is 29.8 Å². The zero-order valence-electron chi connectivity index (χ0n) is 15.5. The first-order chi connectivity index (χ1) is 12.6. The van der Waals surface area contributed by atoms with Gasteiger partial charge in [0.25, 0.3) is 0 Å². The van der Waals surface area contributed by atoms with Crippen LogP contribution in [0, 0.1) is 5.82 Å². The van der Waals surface area contributed by atoms with E-state index in [2.05, 4.69) is 23.0 Å². The van der Waals surface area contributed by atoms with Gasteiger partial charge in [0.15, 0.2) is 11.6 Å². The summed E-state index contributed by atoms with van der Waals surface area (Å²) in [6.45, 7) is 0. The minimum Gasteiger partial charge on any atom is -0.494 e. The standard InChI is InChI=1S/C21H24FN3O/c1-23-15-5-7-19-16(11-15)17-9-14(12-24-21(17)25(19)2)8-13-4-6-18(22)20(10-13)26-3/h4,6,9-10,12,15,23H,5,7-8,11H2,1-3H3. The molecule has 2 aromatic heterocycles. The van der Waals surface area contributed by atoms with Crippen molar-refractivity contribution in [2.45, 2.75) is 31.7 Å². The summed E-state index contributed by atoms with van der Waals surface area (Å²) in [5, 5.41) is 4.66. The molecule has 136 valence electrons. The van der Waals surface area contributed by atoms with Crippen LogP contribution in [0.3, 0.4) is 0 Å². The Morgan fingerprint density at radius 2 is 2.15 bits per heavy atom. The third-order valence-corrected chi connectivity index (χ3v) is 5.53.